The summed E-state index contributed by atoms with van der Waals surface area (Å²) in [5.41, 5.74) is 0.503. The lowest BCUT2D eigenvalue weighted by molar-refractivity contribution is -0.398. The van der Waals surface area contributed by atoms with Crippen molar-refractivity contribution >= 4 is 46.3 Å². The zero-order valence-corrected chi connectivity index (χ0v) is 17.2. The highest BCUT2D eigenvalue weighted by Crippen LogP contribution is 2.36. The third-order valence-corrected chi connectivity index (χ3v) is 4.94. The molecule has 0 aromatic heterocycles. The molecule has 1 aliphatic heterocycles. The number of nitrogens with zero attached hydrogens (tertiary/aromatic N) is 2. The van der Waals surface area contributed by atoms with E-state index in [4.69, 9.17) is 9.47 Å². The first-order chi connectivity index (χ1) is 14.8. The maximum absolute atomic E-state index is 12.3. The van der Waals surface area contributed by atoms with E-state index < -0.39 is 28.2 Å². The number of amides is 1. The SMILES string of the molecule is CCOC(=O)c1ccc(N=C2NC(=O)/C(=C/c3cc(OC)c([O-])c([N+](=O)[O-])c3)S2)cc1. The van der Waals surface area contributed by atoms with Crippen LogP contribution in [0.15, 0.2) is 46.3 Å². The minimum absolute atomic E-state index is 0.194. The Bertz CT molecular complexity index is 1110. The second kappa shape index (κ2) is 9.30. The highest BCUT2D eigenvalue weighted by atomic mass is 32.2. The summed E-state index contributed by atoms with van der Waals surface area (Å²) in [4.78, 5) is 38.8. The zero-order valence-electron chi connectivity index (χ0n) is 16.4. The second-order valence-corrected chi connectivity index (χ2v) is 7.11. The summed E-state index contributed by atoms with van der Waals surface area (Å²) in [6.07, 6.45) is 1.40. The molecule has 2 aromatic carbocycles. The summed E-state index contributed by atoms with van der Waals surface area (Å²) in [6.45, 7) is 1.99. The Hall–Kier alpha value is -3.86. The number of rotatable bonds is 6. The van der Waals surface area contributed by atoms with Gasteiger partial charge in [-0.25, -0.2) is 9.79 Å². The number of carbonyl (C=O) groups excluding carboxylic acids is 2. The summed E-state index contributed by atoms with van der Waals surface area (Å²) in [7, 11) is 1.23. The average molecular weight is 442 g/mol. The summed E-state index contributed by atoms with van der Waals surface area (Å²) in [6, 6.07) is 8.73. The van der Waals surface area contributed by atoms with Gasteiger partial charge in [-0.1, -0.05) is 0 Å². The number of hydrogen-bond acceptors (Lipinski definition) is 9. The van der Waals surface area contributed by atoms with E-state index in [9.17, 15) is 24.8 Å². The first-order valence-corrected chi connectivity index (χ1v) is 9.74. The Morgan fingerprint density at radius 2 is 2.00 bits per heavy atom. The molecule has 11 heteroatoms. The van der Waals surface area contributed by atoms with E-state index in [-0.39, 0.29) is 22.8 Å². The first-order valence-electron chi connectivity index (χ1n) is 8.92. The van der Waals surface area contributed by atoms with E-state index in [1.54, 1.807) is 31.2 Å². The van der Waals surface area contributed by atoms with Crippen molar-refractivity contribution in [1.82, 2.24) is 5.32 Å². The van der Waals surface area contributed by atoms with E-state index in [2.05, 4.69) is 10.3 Å². The molecule has 1 fully saturated rings. The number of methoxy groups -OCH3 is 1. The molecule has 2 aromatic rings. The van der Waals surface area contributed by atoms with Crippen molar-refractivity contribution in [2.75, 3.05) is 13.7 Å². The number of carbonyl (C=O) groups is 2. The molecule has 31 heavy (non-hydrogen) atoms. The fourth-order valence-corrected chi connectivity index (χ4v) is 3.46. The van der Waals surface area contributed by atoms with Crippen LogP contribution in [-0.2, 0) is 9.53 Å². The molecule has 0 radical (unpaired) electrons. The van der Waals surface area contributed by atoms with Gasteiger partial charge in [0.05, 0.1) is 34.8 Å². The molecule has 1 N–H and O–H groups in total. The molecule has 10 nitrogen and oxygen atoms in total. The van der Waals surface area contributed by atoms with Gasteiger partial charge in [0.1, 0.15) is 5.75 Å². The molecule has 1 aliphatic rings. The molecular weight excluding hydrogens is 426 g/mol. The average Bonchev–Trinajstić information content (AvgIpc) is 3.08. The van der Waals surface area contributed by atoms with Crippen LogP contribution in [0.4, 0.5) is 11.4 Å². The largest absolute Gasteiger partial charge is 0.865 e. The topological polar surface area (TPSA) is 143 Å². The quantitative estimate of drug-likeness (QED) is 0.311. The minimum Gasteiger partial charge on any atom is -0.865 e. The monoisotopic (exact) mass is 442 g/mol. The summed E-state index contributed by atoms with van der Waals surface area (Å²) in [5, 5.41) is 25.9. The Kier molecular flexibility index (Phi) is 6.55. The maximum atomic E-state index is 12.3. The highest BCUT2D eigenvalue weighted by Gasteiger charge is 2.24. The lowest BCUT2D eigenvalue weighted by Crippen LogP contribution is -2.19. The minimum atomic E-state index is -0.841. The molecule has 0 atom stereocenters. The molecule has 0 aliphatic carbocycles. The van der Waals surface area contributed by atoms with Crippen molar-refractivity contribution in [2.45, 2.75) is 6.92 Å². The Morgan fingerprint density at radius 1 is 1.29 bits per heavy atom. The van der Waals surface area contributed by atoms with Crippen LogP contribution in [0.5, 0.6) is 11.5 Å². The van der Waals surface area contributed by atoms with E-state index in [0.717, 1.165) is 17.8 Å². The Labute approximate surface area is 180 Å². The first kappa shape index (κ1) is 21.8. The number of ether oxygens (including phenoxy) is 2. The van der Waals surface area contributed by atoms with Gasteiger partial charge in [0, 0.05) is 11.8 Å². The molecule has 0 spiro atoms. The number of benzene rings is 2. The predicted octanol–water partition coefficient (Wildman–Crippen LogP) is 2.75. The van der Waals surface area contributed by atoms with Crippen LogP contribution in [0.25, 0.3) is 6.08 Å². The van der Waals surface area contributed by atoms with Crippen molar-refractivity contribution in [3.8, 4) is 11.5 Å². The van der Waals surface area contributed by atoms with Crippen LogP contribution >= 0.6 is 11.8 Å². The number of amidine groups is 1. The van der Waals surface area contributed by atoms with Crippen LogP contribution in [0.3, 0.4) is 0 Å². The van der Waals surface area contributed by atoms with Crippen LogP contribution in [-0.4, -0.2) is 35.7 Å². The van der Waals surface area contributed by atoms with E-state index in [1.165, 1.54) is 19.3 Å². The van der Waals surface area contributed by atoms with Crippen molar-refractivity contribution in [3.63, 3.8) is 0 Å². The predicted molar refractivity (Wildman–Crippen MR) is 112 cm³/mol. The van der Waals surface area contributed by atoms with Crippen LogP contribution < -0.4 is 15.2 Å². The summed E-state index contributed by atoms with van der Waals surface area (Å²) >= 11 is 1.03. The molecular formula is C20H16N3O7S-. The van der Waals surface area contributed by atoms with Gasteiger partial charge in [0.25, 0.3) is 11.6 Å². The van der Waals surface area contributed by atoms with Crippen LogP contribution in [0.1, 0.15) is 22.8 Å². The number of hydrogen-bond donors (Lipinski definition) is 1. The molecule has 160 valence electrons. The number of nitro benzene ring substituents is 1. The van der Waals surface area contributed by atoms with Gasteiger partial charge in [-0.3, -0.25) is 14.9 Å². The van der Waals surface area contributed by atoms with Gasteiger partial charge in [0.2, 0.25) is 0 Å². The fraction of sp³-hybridized carbons (Fsp3) is 0.150. The lowest BCUT2D eigenvalue weighted by atomic mass is 10.1. The molecule has 0 saturated carbocycles. The molecule has 0 unspecified atom stereocenters. The molecule has 0 bridgehead atoms. The number of aliphatic imine (C=N–C) groups is 1. The van der Waals surface area contributed by atoms with Crippen LogP contribution in [0, 0.1) is 10.1 Å². The third kappa shape index (κ3) is 5.01. The normalized spacial score (nSPS) is 15.7. The van der Waals surface area contributed by atoms with Gasteiger partial charge in [-0.15, -0.1) is 0 Å². The highest BCUT2D eigenvalue weighted by molar-refractivity contribution is 8.18. The standard InChI is InChI=1S/C20H17N3O7S/c1-3-30-19(26)12-4-6-13(7-5-12)21-20-22-18(25)16(31-20)10-11-8-14(23(27)28)17(24)15(9-11)29-2/h4-10,24H,3H2,1-2H3,(H,21,22,25)/p-1/b16-10-. The number of thioether (sulfide) groups is 1. The summed E-state index contributed by atoms with van der Waals surface area (Å²) < 4.78 is 9.82. The molecule has 1 saturated heterocycles. The molecule has 3 rings (SSSR count). The van der Waals surface area contributed by atoms with Crippen molar-refractivity contribution in [2.24, 2.45) is 4.99 Å². The molecule has 1 heterocycles. The number of esters is 1. The number of nitrogens with one attached hydrogen (secondary N) is 1. The second-order valence-electron chi connectivity index (χ2n) is 6.08. The van der Waals surface area contributed by atoms with Gasteiger partial charge in [-0.2, -0.15) is 0 Å². The maximum Gasteiger partial charge on any atom is 0.338 e. The Morgan fingerprint density at radius 3 is 2.61 bits per heavy atom. The third-order valence-electron chi connectivity index (χ3n) is 4.03. The van der Waals surface area contributed by atoms with E-state index in [1.807, 2.05) is 0 Å². The molecule has 1 amide bonds. The van der Waals surface area contributed by atoms with E-state index >= 15 is 0 Å². The van der Waals surface area contributed by atoms with Crippen LogP contribution in [0.2, 0.25) is 0 Å². The zero-order chi connectivity index (χ0) is 22.5. The van der Waals surface area contributed by atoms with Gasteiger partial charge < -0.3 is 19.9 Å². The lowest BCUT2D eigenvalue weighted by Gasteiger charge is -2.13. The Balaban J connectivity index is 1.83. The number of nitro groups is 1. The van der Waals surface area contributed by atoms with Gasteiger partial charge in [-0.05, 0) is 60.7 Å². The van der Waals surface area contributed by atoms with Gasteiger partial charge >= 0.3 is 5.97 Å². The van der Waals surface area contributed by atoms with Crippen molar-refractivity contribution in [3.05, 3.63) is 62.5 Å². The fourth-order valence-electron chi connectivity index (χ4n) is 2.61. The summed E-state index contributed by atoms with van der Waals surface area (Å²) in [5.74, 6) is -1.92. The van der Waals surface area contributed by atoms with Crippen molar-refractivity contribution < 1.29 is 29.1 Å². The van der Waals surface area contributed by atoms with E-state index in [0.29, 0.717) is 16.4 Å². The smallest absolute Gasteiger partial charge is 0.338 e. The van der Waals surface area contributed by atoms with Gasteiger partial charge in [0.15, 0.2) is 5.17 Å². The van der Waals surface area contributed by atoms with Crippen molar-refractivity contribution in [1.29, 1.82) is 0 Å².